The van der Waals surface area contributed by atoms with Crippen LogP contribution in [0, 0.1) is 0 Å². The number of rotatable bonds is 9. The Morgan fingerprint density at radius 3 is 2.40 bits per heavy atom. The molecule has 0 aromatic heterocycles. The molecule has 1 aliphatic rings. The summed E-state index contributed by atoms with van der Waals surface area (Å²) in [5.74, 6) is -6.22. The second-order valence-corrected chi connectivity index (χ2v) is 7.39. The van der Waals surface area contributed by atoms with Crippen LogP contribution in [0.1, 0.15) is 43.0 Å². The van der Waals surface area contributed by atoms with Crippen molar-refractivity contribution in [3.8, 4) is 11.5 Å². The number of halogens is 1. The number of fused-ring (bicyclic) bond motifs is 1. The van der Waals surface area contributed by atoms with E-state index in [1.807, 2.05) is 6.92 Å². The molecule has 2 aromatic rings. The van der Waals surface area contributed by atoms with E-state index in [0.717, 1.165) is 18.4 Å². The van der Waals surface area contributed by atoms with Crippen LogP contribution >= 0.6 is 11.6 Å². The van der Waals surface area contributed by atoms with Crippen molar-refractivity contribution in [3.63, 3.8) is 0 Å². The molecule has 2 atom stereocenters. The number of benzene rings is 2. The summed E-state index contributed by atoms with van der Waals surface area (Å²) in [4.78, 5) is 22.8. The molecule has 0 saturated carbocycles. The van der Waals surface area contributed by atoms with Gasteiger partial charge in [-0.1, -0.05) is 43.1 Å². The zero-order chi connectivity index (χ0) is 21.9. The van der Waals surface area contributed by atoms with Crippen molar-refractivity contribution < 1.29 is 34.4 Å². The number of carboxylic acid groups (broad SMARTS) is 2. The fraction of sp³-hybridized carbons (Fsp3) is 0.333. The molecule has 0 amide bonds. The van der Waals surface area contributed by atoms with Crippen molar-refractivity contribution in [2.45, 2.75) is 37.7 Å². The van der Waals surface area contributed by atoms with Crippen molar-refractivity contribution in [2.24, 2.45) is 0 Å². The van der Waals surface area contributed by atoms with E-state index in [4.69, 9.17) is 21.1 Å². The first-order valence-electron chi connectivity index (χ1n) is 9.42. The van der Waals surface area contributed by atoms with Crippen LogP contribution in [0.2, 0.25) is 5.02 Å². The lowest BCUT2D eigenvalue weighted by atomic mass is 10.0. The molecular formula is C21H22ClNO7. The summed E-state index contributed by atoms with van der Waals surface area (Å²) in [6, 6.07) is 11.5. The number of ether oxygens (including phenoxy) is 2. The highest BCUT2D eigenvalue weighted by molar-refractivity contribution is 6.30. The van der Waals surface area contributed by atoms with Crippen molar-refractivity contribution in [2.75, 3.05) is 6.54 Å². The van der Waals surface area contributed by atoms with Gasteiger partial charge in [-0.3, -0.25) is 0 Å². The summed E-state index contributed by atoms with van der Waals surface area (Å²) in [7, 11) is 0. The highest BCUT2D eigenvalue weighted by Gasteiger charge is 2.57. The third kappa shape index (κ3) is 4.35. The van der Waals surface area contributed by atoms with Gasteiger partial charge in [-0.15, -0.1) is 0 Å². The van der Waals surface area contributed by atoms with Crippen LogP contribution in [0.3, 0.4) is 0 Å². The lowest BCUT2D eigenvalue weighted by Crippen LogP contribution is -2.54. The van der Waals surface area contributed by atoms with Gasteiger partial charge in [0.2, 0.25) is 0 Å². The molecule has 2 unspecified atom stereocenters. The number of aliphatic carboxylic acids is 2. The highest BCUT2D eigenvalue weighted by atomic mass is 35.5. The molecule has 1 aliphatic heterocycles. The standard InChI is InChI=1S/C21H22ClNO7/c1-2-4-15(23-11-16(24)13-5-3-6-14(22)9-13)12-7-8-17-18(10-12)30-21(29-17,19(25)26)20(27)28/h3,5-10,15-16,23-24H,2,4,11H2,1H3,(H,25,26)(H,27,28). The Hall–Kier alpha value is -2.81. The third-order valence-electron chi connectivity index (χ3n) is 4.81. The fourth-order valence-corrected chi connectivity index (χ4v) is 3.46. The van der Waals surface area contributed by atoms with E-state index < -0.39 is 23.8 Å². The molecule has 0 radical (unpaired) electrons. The minimum atomic E-state index is -2.79. The molecule has 9 heteroatoms. The molecule has 30 heavy (non-hydrogen) atoms. The molecule has 0 bridgehead atoms. The van der Waals surface area contributed by atoms with Crippen molar-refractivity contribution in [3.05, 3.63) is 58.6 Å². The Morgan fingerprint density at radius 2 is 1.77 bits per heavy atom. The lowest BCUT2D eigenvalue weighted by molar-refractivity contribution is -0.194. The first-order chi connectivity index (χ1) is 14.3. The van der Waals surface area contributed by atoms with E-state index >= 15 is 0 Å². The van der Waals surface area contributed by atoms with Gasteiger partial charge >= 0.3 is 17.7 Å². The van der Waals surface area contributed by atoms with Gasteiger partial charge in [0.1, 0.15) is 0 Å². The number of nitrogens with one attached hydrogen (secondary N) is 1. The van der Waals surface area contributed by atoms with Gasteiger partial charge in [0.15, 0.2) is 11.5 Å². The normalized spacial score (nSPS) is 16.1. The summed E-state index contributed by atoms with van der Waals surface area (Å²) >= 11 is 5.98. The summed E-state index contributed by atoms with van der Waals surface area (Å²) < 4.78 is 10.3. The fourth-order valence-electron chi connectivity index (χ4n) is 3.26. The van der Waals surface area contributed by atoms with Gasteiger partial charge in [0.25, 0.3) is 0 Å². The molecular weight excluding hydrogens is 414 g/mol. The molecule has 2 aromatic carbocycles. The van der Waals surface area contributed by atoms with Gasteiger partial charge in [-0.25, -0.2) is 9.59 Å². The van der Waals surface area contributed by atoms with E-state index in [0.29, 0.717) is 10.6 Å². The zero-order valence-electron chi connectivity index (χ0n) is 16.2. The maximum Gasteiger partial charge on any atom is 0.453 e. The Bertz CT molecular complexity index is 935. The Kier molecular flexibility index (Phi) is 6.50. The van der Waals surface area contributed by atoms with Crippen molar-refractivity contribution in [1.29, 1.82) is 0 Å². The molecule has 3 rings (SSSR count). The average molecular weight is 436 g/mol. The van der Waals surface area contributed by atoms with Gasteiger partial charge in [0.05, 0.1) is 6.10 Å². The minimum Gasteiger partial charge on any atom is -0.475 e. The third-order valence-corrected chi connectivity index (χ3v) is 5.04. The van der Waals surface area contributed by atoms with Gasteiger partial charge in [-0.2, -0.15) is 0 Å². The minimum absolute atomic E-state index is 0.0376. The number of carbonyl (C=O) groups is 2. The van der Waals surface area contributed by atoms with Crippen LogP contribution in [-0.2, 0) is 9.59 Å². The summed E-state index contributed by atoms with van der Waals surface area (Å²) in [6.45, 7) is 2.27. The van der Waals surface area contributed by atoms with E-state index in [2.05, 4.69) is 5.32 Å². The Balaban J connectivity index is 1.76. The monoisotopic (exact) mass is 435 g/mol. The first-order valence-corrected chi connectivity index (χ1v) is 9.80. The quantitative estimate of drug-likeness (QED) is 0.443. The van der Waals surface area contributed by atoms with Crippen LogP contribution in [0.25, 0.3) is 0 Å². The molecule has 4 N–H and O–H groups in total. The number of aliphatic hydroxyl groups excluding tert-OH is 1. The predicted octanol–water partition coefficient (Wildman–Crippen LogP) is 3.14. The summed E-state index contributed by atoms with van der Waals surface area (Å²) in [5, 5.41) is 32.8. The Labute approximate surface area is 178 Å². The van der Waals surface area contributed by atoms with Crippen LogP contribution in [0.15, 0.2) is 42.5 Å². The van der Waals surface area contributed by atoms with E-state index in [1.165, 1.54) is 6.07 Å². The van der Waals surface area contributed by atoms with Crippen LogP contribution in [-0.4, -0.2) is 39.6 Å². The number of carboxylic acids is 2. The van der Waals surface area contributed by atoms with Crippen LogP contribution in [0.5, 0.6) is 11.5 Å². The average Bonchev–Trinajstić information content (AvgIpc) is 3.11. The van der Waals surface area contributed by atoms with Gasteiger partial charge in [0, 0.05) is 17.6 Å². The van der Waals surface area contributed by atoms with E-state index in [-0.39, 0.29) is 24.1 Å². The van der Waals surface area contributed by atoms with Crippen molar-refractivity contribution in [1.82, 2.24) is 5.32 Å². The maximum atomic E-state index is 11.4. The Morgan fingerprint density at radius 1 is 1.07 bits per heavy atom. The molecule has 0 spiro atoms. The molecule has 160 valence electrons. The smallest absolute Gasteiger partial charge is 0.453 e. The molecule has 1 heterocycles. The summed E-state index contributed by atoms with van der Waals surface area (Å²) in [5.41, 5.74) is 1.44. The second kappa shape index (κ2) is 8.91. The number of hydrogen-bond donors (Lipinski definition) is 4. The zero-order valence-corrected chi connectivity index (χ0v) is 16.9. The number of hydrogen-bond acceptors (Lipinski definition) is 6. The predicted molar refractivity (Wildman–Crippen MR) is 108 cm³/mol. The molecule has 0 saturated heterocycles. The largest absolute Gasteiger partial charge is 0.475 e. The number of aliphatic hydroxyl groups is 1. The lowest BCUT2D eigenvalue weighted by Gasteiger charge is -2.21. The van der Waals surface area contributed by atoms with E-state index in [1.54, 1.807) is 36.4 Å². The topological polar surface area (TPSA) is 125 Å². The second-order valence-electron chi connectivity index (χ2n) is 6.96. The maximum absolute atomic E-state index is 11.4. The SMILES string of the molecule is CCCC(NCC(O)c1cccc(Cl)c1)c1ccc2c(c1)OC(C(=O)O)(C(=O)O)O2. The molecule has 0 aliphatic carbocycles. The highest BCUT2D eigenvalue weighted by Crippen LogP contribution is 2.41. The first kappa shape index (κ1) is 21.9. The van der Waals surface area contributed by atoms with Gasteiger partial charge < -0.3 is 30.1 Å². The molecule has 8 nitrogen and oxygen atoms in total. The van der Waals surface area contributed by atoms with Gasteiger partial charge in [-0.05, 0) is 41.8 Å². The van der Waals surface area contributed by atoms with Crippen LogP contribution < -0.4 is 14.8 Å². The van der Waals surface area contributed by atoms with Crippen molar-refractivity contribution >= 4 is 23.5 Å². The van der Waals surface area contributed by atoms with Crippen LogP contribution in [0.4, 0.5) is 0 Å². The van der Waals surface area contributed by atoms with E-state index in [9.17, 15) is 24.9 Å². The molecule has 0 fully saturated rings. The summed E-state index contributed by atoms with van der Waals surface area (Å²) in [6.07, 6.45) is 0.794.